The van der Waals surface area contributed by atoms with Gasteiger partial charge in [-0.05, 0) is 18.6 Å². The van der Waals surface area contributed by atoms with Gasteiger partial charge in [0, 0.05) is 12.7 Å². The molecule has 1 aliphatic rings. The lowest BCUT2D eigenvalue weighted by Gasteiger charge is -2.07. The summed E-state index contributed by atoms with van der Waals surface area (Å²) < 4.78 is 36.8. The van der Waals surface area contributed by atoms with Crippen LogP contribution in [0.4, 0.5) is 13.2 Å². The van der Waals surface area contributed by atoms with Gasteiger partial charge in [0.15, 0.2) is 0 Å². The standard InChI is InChI=1S/C9H10F3N/c1-13-8-5-3-2-4-7(6-8)9(10,11)12/h3-6,13H,2H2,1H3. The van der Waals surface area contributed by atoms with E-state index in [9.17, 15) is 13.2 Å². The lowest BCUT2D eigenvalue weighted by atomic mass is 10.2. The molecular weight excluding hydrogens is 179 g/mol. The van der Waals surface area contributed by atoms with Crippen molar-refractivity contribution in [3.8, 4) is 0 Å². The van der Waals surface area contributed by atoms with E-state index in [4.69, 9.17) is 0 Å². The predicted octanol–water partition coefficient (Wildman–Crippen LogP) is 2.54. The highest BCUT2D eigenvalue weighted by Crippen LogP contribution is 2.28. The third-order valence-electron chi connectivity index (χ3n) is 1.70. The van der Waals surface area contributed by atoms with E-state index in [1.54, 1.807) is 19.2 Å². The molecule has 0 radical (unpaired) electrons. The van der Waals surface area contributed by atoms with Crippen molar-refractivity contribution < 1.29 is 13.2 Å². The van der Waals surface area contributed by atoms with Gasteiger partial charge in [-0.1, -0.05) is 12.2 Å². The molecule has 0 atom stereocenters. The second-order valence-corrected chi connectivity index (χ2v) is 2.64. The average Bonchev–Trinajstić information content (AvgIpc) is 2.27. The van der Waals surface area contributed by atoms with Gasteiger partial charge in [-0.25, -0.2) is 0 Å². The van der Waals surface area contributed by atoms with Gasteiger partial charge in [0.25, 0.3) is 0 Å². The highest BCUT2D eigenvalue weighted by Gasteiger charge is 2.32. The lowest BCUT2D eigenvalue weighted by molar-refractivity contribution is -0.0884. The molecule has 0 aromatic rings. The summed E-state index contributed by atoms with van der Waals surface area (Å²) in [5, 5.41) is 2.68. The fraction of sp³-hybridized carbons (Fsp3) is 0.333. The topological polar surface area (TPSA) is 12.0 Å². The molecule has 0 amide bonds. The van der Waals surface area contributed by atoms with Gasteiger partial charge < -0.3 is 5.32 Å². The van der Waals surface area contributed by atoms with Crippen LogP contribution in [-0.4, -0.2) is 13.2 Å². The molecule has 4 heteroatoms. The molecule has 1 nitrogen and oxygen atoms in total. The Labute approximate surface area is 74.6 Å². The van der Waals surface area contributed by atoms with Gasteiger partial charge in [0.1, 0.15) is 0 Å². The summed E-state index contributed by atoms with van der Waals surface area (Å²) in [5.74, 6) is 0. The van der Waals surface area contributed by atoms with Crippen LogP contribution >= 0.6 is 0 Å². The molecule has 1 N–H and O–H groups in total. The van der Waals surface area contributed by atoms with Crippen molar-refractivity contribution in [2.24, 2.45) is 0 Å². The van der Waals surface area contributed by atoms with Gasteiger partial charge in [0.05, 0.1) is 5.57 Å². The summed E-state index contributed by atoms with van der Waals surface area (Å²) >= 11 is 0. The minimum absolute atomic E-state index is 0.316. The zero-order valence-electron chi connectivity index (χ0n) is 7.15. The number of nitrogens with one attached hydrogen (secondary N) is 1. The number of alkyl halides is 3. The first-order valence-corrected chi connectivity index (χ1v) is 3.87. The molecule has 1 rings (SSSR count). The molecule has 0 unspecified atom stereocenters. The van der Waals surface area contributed by atoms with E-state index in [1.807, 2.05) is 0 Å². The Morgan fingerprint density at radius 3 is 2.62 bits per heavy atom. The Morgan fingerprint density at radius 2 is 2.08 bits per heavy atom. The van der Waals surface area contributed by atoms with Crippen LogP contribution in [0, 0.1) is 0 Å². The van der Waals surface area contributed by atoms with E-state index < -0.39 is 11.7 Å². The van der Waals surface area contributed by atoms with E-state index >= 15 is 0 Å². The molecule has 1 aliphatic carbocycles. The quantitative estimate of drug-likeness (QED) is 0.668. The molecule has 13 heavy (non-hydrogen) atoms. The van der Waals surface area contributed by atoms with Crippen LogP contribution < -0.4 is 5.32 Å². The van der Waals surface area contributed by atoms with E-state index in [0.717, 1.165) is 6.08 Å². The monoisotopic (exact) mass is 189 g/mol. The predicted molar refractivity (Wildman–Crippen MR) is 45.0 cm³/mol. The molecule has 0 saturated heterocycles. The maximum absolute atomic E-state index is 12.3. The van der Waals surface area contributed by atoms with Crippen molar-refractivity contribution in [2.45, 2.75) is 12.6 Å². The number of halogens is 3. The van der Waals surface area contributed by atoms with Crippen LogP contribution in [-0.2, 0) is 0 Å². The van der Waals surface area contributed by atoms with Crippen molar-refractivity contribution in [1.82, 2.24) is 5.32 Å². The van der Waals surface area contributed by atoms with E-state index in [-0.39, 0.29) is 0 Å². The van der Waals surface area contributed by atoms with Crippen LogP contribution in [0.15, 0.2) is 35.6 Å². The molecule has 0 bridgehead atoms. The maximum atomic E-state index is 12.3. The second kappa shape index (κ2) is 3.68. The third-order valence-corrected chi connectivity index (χ3v) is 1.70. The molecule has 0 aliphatic heterocycles. The second-order valence-electron chi connectivity index (χ2n) is 2.64. The Hall–Kier alpha value is -1.19. The van der Waals surface area contributed by atoms with Gasteiger partial charge >= 0.3 is 6.18 Å². The number of hydrogen-bond donors (Lipinski definition) is 1. The number of rotatable bonds is 1. The van der Waals surface area contributed by atoms with Crippen LogP contribution in [0.5, 0.6) is 0 Å². The van der Waals surface area contributed by atoms with E-state index in [1.165, 1.54) is 6.08 Å². The molecule has 0 fully saturated rings. The zero-order valence-corrected chi connectivity index (χ0v) is 7.15. The van der Waals surface area contributed by atoms with E-state index in [0.29, 0.717) is 12.1 Å². The van der Waals surface area contributed by atoms with Gasteiger partial charge in [-0.2, -0.15) is 13.2 Å². The summed E-state index contributed by atoms with van der Waals surface area (Å²) in [7, 11) is 1.59. The lowest BCUT2D eigenvalue weighted by Crippen LogP contribution is -2.12. The fourth-order valence-corrected chi connectivity index (χ4v) is 1.02. The summed E-state index contributed by atoms with van der Waals surface area (Å²) in [6.45, 7) is 0. The Morgan fingerprint density at radius 1 is 1.38 bits per heavy atom. The van der Waals surface area contributed by atoms with Gasteiger partial charge in [0.2, 0.25) is 0 Å². The van der Waals surface area contributed by atoms with Crippen molar-refractivity contribution in [3.05, 3.63) is 35.6 Å². The first-order valence-electron chi connectivity index (χ1n) is 3.87. The largest absolute Gasteiger partial charge is 0.416 e. The minimum atomic E-state index is -4.26. The molecular formula is C9H10F3N. The van der Waals surface area contributed by atoms with Crippen LogP contribution in [0.2, 0.25) is 0 Å². The van der Waals surface area contributed by atoms with Crippen LogP contribution in [0.1, 0.15) is 6.42 Å². The van der Waals surface area contributed by atoms with Crippen LogP contribution in [0.25, 0.3) is 0 Å². The van der Waals surface area contributed by atoms with Crippen molar-refractivity contribution >= 4 is 0 Å². The molecule has 0 spiro atoms. The van der Waals surface area contributed by atoms with Crippen molar-refractivity contribution in [1.29, 1.82) is 0 Å². The summed E-state index contributed by atoms with van der Waals surface area (Å²) in [4.78, 5) is 0. The fourth-order valence-electron chi connectivity index (χ4n) is 1.02. The molecule has 0 aromatic carbocycles. The molecule has 0 saturated carbocycles. The number of allylic oxidation sites excluding steroid dienone is 5. The van der Waals surface area contributed by atoms with Crippen LogP contribution in [0.3, 0.4) is 0 Å². The zero-order chi connectivity index (χ0) is 9.90. The number of hydrogen-bond acceptors (Lipinski definition) is 1. The molecule has 0 aromatic heterocycles. The van der Waals surface area contributed by atoms with Gasteiger partial charge in [-0.15, -0.1) is 0 Å². The van der Waals surface area contributed by atoms with Crippen molar-refractivity contribution in [2.75, 3.05) is 7.05 Å². The molecule has 72 valence electrons. The number of likely N-dealkylation sites (N-methyl/N-ethyl adjacent to an activating group) is 1. The van der Waals surface area contributed by atoms with Crippen molar-refractivity contribution in [3.63, 3.8) is 0 Å². The maximum Gasteiger partial charge on any atom is 0.416 e. The molecule has 0 heterocycles. The normalized spacial score (nSPS) is 17.5. The Bertz CT molecular complexity index is 271. The SMILES string of the molecule is CNC1=CC(C(F)(F)F)=CCC=C1. The smallest absolute Gasteiger partial charge is 0.388 e. The summed E-state index contributed by atoms with van der Waals surface area (Å²) in [5.41, 5.74) is -0.122. The van der Waals surface area contributed by atoms with E-state index in [2.05, 4.69) is 5.32 Å². The first-order chi connectivity index (χ1) is 6.04. The Kier molecular flexibility index (Phi) is 2.80. The highest BCUT2D eigenvalue weighted by molar-refractivity contribution is 5.35. The first kappa shape index (κ1) is 9.89. The van der Waals surface area contributed by atoms with Gasteiger partial charge in [-0.3, -0.25) is 0 Å². The average molecular weight is 189 g/mol. The Balaban J connectivity index is 2.94. The minimum Gasteiger partial charge on any atom is -0.388 e. The summed E-state index contributed by atoms with van der Waals surface area (Å²) in [6, 6.07) is 0. The highest BCUT2D eigenvalue weighted by atomic mass is 19.4. The third kappa shape index (κ3) is 2.65. The summed E-state index contributed by atoms with van der Waals surface area (Å²) in [6.07, 6.45) is 1.64.